The Morgan fingerprint density at radius 2 is 1.76 bits per heavy atom. The van der Waals surface area contributed by atoms with Crippen molar-refractivity contribution in [1.29, 1.82) is 0 Å². The third kappa shape index (κ3) is 2.99. The van der Waals surface area contributed by atoms with Crippen LogP contribution in [-0.4, -0.2) is 22.2 Å². The third-order valence-corrected chi connectivity index (χ3v) is 4.08. The van der Waals surface area contributed by atoms with Crippen molar-refractivity contribution < 1.29 is 19.8 Å². The lowest BCUT2D eigenvalue weighted by Crippen LogP contribution is -2.42. The van der Waals surface area contributed by atoms with Crippen LogP contribution in [0.4, 0.5) is 0 Å². The highest BCUT2D eigenvalue weighted by Crippen LogP contribution is 2.42. The molecular formula is C13H22O4. The van der Waals surface area contributed by atoms with Crippen LogP contribution in [-0.2, 0) is 9.59 Å². The van der Waals surface area contributed by atoms with Crippen LogP contribution < -0.4 is 0 Å². The van der Waals surface area contributed by atoms with Gasteiger partial charge in [0.1, 0.15) is 0 Å². The van der Waals surface area contributed by atoms with Crippen LogP contribution in [0, 0.1) is 23.7 Å². The van der Waals surface area contributed by atoms with Gasteiger partial charge in [-0.1, -0.05) is 33.1 Å². The topological polar surface area (TPSA) is 74.6 Å². The second kappa shape index (κ2) is 6.03. The lowest BCUT2D eigenvalue weighted by atomic mass is 9.64. The summed E-state index contributed by atoms with van der Waals surface area (Å²) in [6.07, 6.45) is 4.16. The minimum atomic E-state index is -0.953. The summed E-state index contributed by atoms with van der Waals surface area (Å²) in [4.78, 5) is 22.5. The van der Waals surface area contributed by atoms with E-state index in [-0.39, 0.29) is 5.92 Å². The van der Waals surface area contributed by atoms with Gasteiger partial charge in [-0.3, -0.25) is 9.59 Å². The Morgan fingerprint density at radius 3 is 2.18 bits per heavy atom. The molecule has 4 unspecified atom stereocenters. The van der Waals surface area contributed by atoms with E-state index in [1.807, 2.05) is 6.92 Å². The molecule has 2 N–H and O–H groups in total. The standard InChI is InChI=1S/C13H22O4/c1-3-5-8-6-7-10(12(14)15)11(13(16)17)9(8)4-2/h8-11H,3-7H2,1-2H3,(H,14,15)(H,16,17). The van der Waals surface area contributed by atoms with Crippen LogP contribution in [0.15, 0.2) is 0 Å². The highest BCUT2D eigenvalue weighted by Gasteiger charge is 2.45. The molecule has 0 spiro atoms. The zero-order valence-electron chi connectivity index (χ0n) is 10.6. The van der Waals surface area contributed by atoms with Crippen LogP contribution in [0.1, 0.15) is 46.0 Å². The maximum atomic E-state index is 11.3. The van der Waals surface area contributed by atoms with E-state index in [1.165, 1.54) is 0 Å². The minimum Gasteiger partial charge on any atom is -0.481 e. The van der Waals surface area contributed by atoms with Gasteiger partial charge in [-0.2, -0.15) is 0 Å². The molecule has 17 heavy (non-hydrogen) atoms. The highest BCUT2D eigenvalue weighted by molar-refractivity contribution is 5.80. The van der Waals surface area contributed by atoms with Gasteiger partial charge in [0.2, 0.25) is 0 Å². The van der Waals surface area contributed by atoms with Gasteiger partial charge in [0.25, 0.3) is 0 Å². The molecule has 1 fully saturated rings. The van der Waals surface area contributed by atoms with Crippen molar-refractivity contribution >= 4 is 11.9 Å². The van der Waals surface area contributed by atoms with E-state index >= 15 is 0 Å². The number of carbonyl (C=O) groups is 2. The number of carboxylic acids is 2. The largest absolute Gasteiger partial charge is 0.481 e. The van der Waals surface area contributed by atoms with Gasteiger partial charge < -0.3 is 10.2 Å². The van der Waals surface area contributed by atoms with Crippen LogP contribution >= 0.6 is 0 Å². The van der Waals surface area contributed by atoms with Gasteiger partial charge >= 0.3 is 11.9 Å². The van der Waals surface area contributed by atoms with E-state index in [4.69, 9.17) is 5.11 Å². The van der Waals surface area contributed by atoms with Gasteiger partial charge in [0, 0.05) is 0 Å². The molecule has 0 aromatic carbocycles. The Morgan fingerprint density at radius 1 is 1.12 bits per heavy atom. The Hall–Kier alpha value is -1.06. The highest BCUT2D eigenvalue weighted by atomic mass is 16.4. The monoisotopic (exact) mass is 242 g/mol. The first-order valence-electron chi connectivity index (χ1n) is 6.48. The molecule has 4 heteroatoms. The SMILES string of the molecule is CCCC1CCC(C(=O)O)C(C(=O)O)C1CC. The molecule has 4 atom stereocenters. The number of hydrogen-bond acceptors (Lipinski definition) is 2. The predicted molar refractivity (Wildman–Crippen MR) is 63.7 cm³/mol. The van der Waals surface area contributed by atoms with Crippen molar-refractivity contribution in [3.05, 3.63) is 0 Å². The van der Waals surface area contributed by atoms with Crippen LogP contribution in [0.5, 0.6) is 0 Å². The summed E-state index contributed by atoms with van der Waals surface area (Å²) in [7, 11) is 0. The van der Waals surface area contributed by atoms with E-state index in [0.29, 0.717) is 12.3 Å². The molecule has 0 aromatic heterocycles. The van der Waals surface area contributed by atoms with Crippen molar-refractivity contribution in [3.8, 4) is 0 Å². The van der Waals surface area contributed by atoms with Crippen molar-refractivity contribution in [1.82, 2.24) is 0 Å². The Labute approximate surface area is 102 Å². The summed E-state index contributed by atoms with van der Waals surface area (Å²) in [5, 5.41) is 18.4. The van der Waals surface area contributed by atoms with Crippen LogP contribution in [0.3, 0.4) is 0 Å². The first-order chi connectivity index (χ1) is 8.02. The summed E-state index contributed by atoms with van der Waals surface area (Å²) in [5.74, 6) is -2.91. The maximum absolute atomic E-state index is 11.3. The number of carboxylic acid groups (broad SMARTS) is 2. The van der Waals surface area contributed by atoms with Gasteiger partial charge in [-0.25, -0.2) is 0 Å². The van der Waals surface area contributed by atoms with E-state index in [0.717, 1.165) is 25.7 Å². The molecule has 0 radical (unpaired) electrons. The van der Waals surface area contributed by atoms with E-state index in [2.05, 4.69) is 6.92 Å². The fourth-order valence-electron chi connectivity index (χ4n) is 3.33. The fraction of sp³-hybridized carbons (Fsp3) is 0.846. The van der Waals surface area contributed by atoms with Crippen molar-refractivity contribution in [3.63, 3.8) is 0 Å². The molecule has 1 aliphatic rings. The molecule has 0 heterocycles. The normalized spacial score (nSPS) is 33.3. The number of aliphatic carboxylic acids is 2. The Kier molecular flexibility index (Phi) is 4.97. The van der Waals surface area contributed by atoms with E-state index in [9.17, 15) is 14.7 Å². The third-order valence-electron chi connectivity index (χ3n) is 4.08. The Bertz CT molecular complexity index is 287. The average molecular weight is 242 g/mol. The van der Waals surface area contributed by atoms with Gasteiger partial charge in [-0.15, -0.1) is 0 Å². The first-order valence-corrected chi connectivity index (χ1v) is 6.48. The zero-order chi connectivity index (χ0) is 13.0. The molecule has 1 aliphatic carbocycles. The molecule has 1 rings (SSSR count). The summed E-state index contributed by atoms with van der Waals surface area (Å²) in [6.45, 7) is 4.05. The Balaban J connectivity index is 2.91. The fourth-order valence-corrected chi connectivity index (χ4v) is 3.33. The van der Waals surface area contributed by atoms with Crippen LogP contribution in [0.2, 0.25) is 0 Å². The molecule has 0 amide bonds. The summed E-state index contributed by atoms with van der Waals surface area (Å²) in [6, 6.07) is 0. The lowest BCUT2D eigenvalue weighted by Gasteiger charge is -2.39. The maximum Gasteiger partial charge on any atom is 0.307 e. The van der Waals surface area contributed by atoms with E-state index in [1.54, 1.807) is 0 Å². The number of hydrogen-bond donors (Lipinski definition) is 2. The van der Waals surface area contributed by atoms with E-state index < -0.39 is 23.8 Å². The molecule has 1 saturated carbocycles. The van der Waals surface area contributed by atoms with Gasteiger partial charge in [0.15, 0.2) is 0 Å². The molecule has 98 valence electrons. The van der Waals surface area contributed by atoms with Crippen molar-refractivity contribution in [2.24, 2.45) is 23.7 Å². The second-order valence-electron chi connectivity index (χ2n) is 5.01. The zero-order valence-corrected chi connectivity index (χ0v) is 10.6. The molecule has 0 aliphatic heterocycles. The molecule has 0 saturated heterocycles. The predicted octanol–water partition coefficient (Wildman–Crippen LogP) is 2.62. The van der Waals surface area contributed by atoms with Gasteiger partial charge in [0.05, 0.1) is 11.8 Å². The smallest absolute Gasteiger partial charge is 0.307 e. The molecule has 4 nitrogen and oxygen atoms in total. The summed E-state index contributed by atoms with van der Waals surface area (Å²) >= 11 is 0. The van der Waals surface area contributed by atoms with Crippen molar-refractivity contribution in [2.45, 2.75) is 46.0 Å². The number of rotatable bonds is 5. The average Bonchev–Trinajstić information content (AvgIpc) is 2.28. The molecule has 0 bridgehead atoms. The second-order valence-corrected chi connectivity index (χ2v) is 5.01. The first kappa shape index (κ1) is 14.0. The summed E-state index contributed by atoms with van der Waals surface area (Å²) < 4.78 is 0. The van der Waals surface area contributed by atoms with Crippen LogP contribution in [0.25, 0.3) is 0 Å². The lowest BCUT2D eigenvalue weighted by molar-refractivity contribution is -0.160. The van der Waals surface area contributed by atoms with Crippen molar-refractivity contribution in [2.75, 3.05) is 0 Å². The van der Waals surface area contributed by atoms with Gasteiger partial charge in [-0.05, 0) is 24.7 Å². The molecule has 0 aromatic rings. The minimum absolute atomic E-state index is 0.0160. The summed E-state index contributed by atoms with van der Waals surface area (Å²) in [5.41, 5.74) is 0. The quantitative estimate of drug-likeness (QED) is 0.777. The molecular weight excluding hydrogens is 220 g/mol.